The Hall–Kier alpha value is -0.670. The van der Waals surface area contributed by atoms with Crippen molar-refractivity contribution in [3.8, 4) is 0 Å². The second kappa shape index (κ2) is 4.53. The van der Waals surface area contributed by atoms with Crippen molar-refractivity contribution in [1.29, 1.82) is 0 Å². The lowest BCUT2D eigenvalue weighted by atomic mass is 10.3. The van der Waals surface area contributed by atoms with Crippen LogP contribution in [0.25, 0.3) is 0 Å². The van der Waals surface area contributed by atoms with Gasteiger partial charge in [0.25, 0.3) is 0 Å². The number of ketones is 1. The van der Waals surface area contributed by atoms with Crippen LogP contribution in [0.5, 0.6) is 0 Å². The first-order chi connectivity index (χ1) is 6.22. The average Bonchev–Trinajstić information content (AvgIpc) is 2.60. The molecule has 13 heavy (non-hydrogen) atoms. The van der Waals surface area contributed by atoms with Crippen LogP contribution in [0.4, 0.5) is 0 Å². The van der Waals surface area contributed by atoms with E-state index in [0.717, 1.165) is 0 Å². The minimum Gasteiger partial charge on any atom is -0.323 e. The Morgan fingerprint density at radius 3 is 2.31 bits per heavy atom. The molecule has 2 nitrogen and oxygen atoms in total. The van der Waals surface area contributed by atoms with Crippen molar-refractivity contribution in [2.75, 3.05) is 14.1 Å². The summed E-state index contributed by atoms with van der Waals surface area (Å²) in [5.41, 5.74) is 0. The van der Waals surface area contributed by atoms with Crippen LogP contribution in [-0.4, -0.2) is 19.9 Å². The molecule has 0 bridgehead atoms. The van der Waals surface area contributed by atoms with Gasteiger partial charge in [0.1, 0.15) is 5.78 Å². The molecule has 3 heteroatoms. The van der Waals surface area contributed by atoms with E-state index in [1.54, 1.807) is 11.3 Å². The van der Waals surface area contributed by atoms with Gasteiger partial charge in [-0.15, -0.1) is 11.3 Å². The van der Waals surface area contributed by atoms with E-state index in [2.05, 4.69) is 5.32 Å². The predicted molar refractivity (Wildman–Crippen MR) is 56.2 cm³/mol. The summed E-state index contributed by atoms with van der Waals surface area (Å²) in [6.45, 7) is 1.99. The minimum atomic E-state index is 0.250. The zero-order valence-electron chi connectivity index (χ0n) is 8.20. The largest absolute Gasteiger partial charge is 0.323 e. The van der Waals surface area contributed by atoms with Gasteiger partial charge in [-0.05, 0) is 25.5 Å². The molecule has 1 saturated carbocycles. The number of Topliss-reactive ketones (excluding diaryl/α,β-unsaturated/α-hetero) is 1. The Kier molecular flexibility index (Phi) is 3.63. The maximum atomic E-state index is 10.9. The molecule has 0 amide bonds. The SMILES string of the molecule is CC1C(=O)C1c1cccs1.CNC. The van der Waals surface area contributed by atoms with Gasteiger partial charge in [0.15, 0.2) is 0 Å². The fourth-order valence-electron chi connectivity index (χ4n) is 1.22. The van der Waals surface area contributed by atoms with Crippen molar-refractivity contribution in [2.24, 2.45) is 5.92 Å². The highest BCUT2D eigenvalue weighted by molar-refractivity contribution is 7.10. The van der Waals surface area contributed by atoms with Crippen molar-refractivity contribution in [3.05, 3.63) is 22.4 Å². The Labute approximate surface area is 83.0 Å². The van der Waals surface area contributed by atoms with Crippen LogP contribution in [-0.2, 0) is 4.79 Å². The molecular weight excluding hydrogens is 182 g/mol. The number of carbonyl (C=O) groups is 1. The molecule has 1 aliphatic rings. The van der Waals surface area contributed by atoms with Gasteiger partial charge >= 0.3 is 0 Å². The van der Waals surface area contributed by atoms with Crippen molar-refractivity contribution in [2.45, 2.75) is 12.8 Å². The van der Waals surface area contributed by atoms with Crippen LogP contribution in [0.1, 0.15) is 17.7 Å². The van der Waals surface area contributed by atoms with E-state index in [-0.39, 0.29) is 5.92 Å². The highest BCUT2D eigenvalue weighted by atomic mass is 32.1. The molecule has 72 valence electrons. The predicted octanol–water partition coefficient (Wildman–Crippen LogP) is 1.89. The number of hydrogen-bond acceptors (Lipinski definition) is 3. The Morgan fingerprint density at radius 2 is 2.00 bits per heavy atom. The molecule has 0 radical (unpaired) electrons. The monoisotopic (exact) mass is 197 g/mol. The smallest absolute Gasteiger partial charge is 0.145 e. The summed E-state index contributed by atoms with van der Waals surface area (Å²) in [6, 6.07) is 4.04. The van der Waals surface area contributed by atoms with Gasteiger partial charge in [0.2, 0.25) is 0 Å². The number of thiophene rings is 1. The molecule has 2 rings (SSSR count). The van der Waals surface area contributed by atoms with Crippen LogP contribution in [0.2, 0.25) is 0 Å². The van der Waals surface area contributed by atoms with E-state index in [1.165, 1.54) is 4.88 Å². The van der Waals surface area contributed by atoms with Gasteiger partial charge in [-0.3, -0.25) is 4.79 Å². The zero-order chi connectivity index (χ0) is 9.84. The van der Waals surface area contributed by atoms with Crippen LogP contribution >= 0.6 is 11.3 Å². The molecular formula is C10H15NOS. The van der Waals surface area contributed by atoms with E-state index < -0.39 is 0 Å². The van der Waals surface area contributed by atoms with E-state index in [1.807, 2.05) is 38.5 Å². The van der Waals surface area contributed by atoms with Gasteiger partial charge in [-0.2, -0.15) is 0 Å². The minimum absolute atomic E-state index is 0.250. The highest BCUT2D eigenvalue weighted by Gasteiger charge is 2.46. The summed E-state index contributed by atoms with van der Waals surface area (Å²) in [4.78, 5) is 12.2. The summed E-state index contributed by atoms with van der Waals surface area (Å²) in [7, 11) is 3.75. The molecule has 0 spiro atoms. The van der Waals surface area contributed by atoms with Crippen LogP contribution in [0.15, 0.2) is 17.5 Å². The van der Waals surface area contributed by atoms with Crippen LogP contribution in [0, 0.1) is 5.92 Å². The molecule has 1 N–H and O–H groups in total. The lowest BCUT2D eigenvalue weighted by Crippen LogP contribution is -1.89. The summed E-state index contributed by atoms with van der Waals surface area (Å²) < 4.78 is 0. The third-order valence-corrected chi connectivity index (χ3v) is 2.95. The van der Waals surface area contributed by atoms with E-state index in [0.29, 0.717) is 11.7 Å². The Morgan fingerprint density at radius 1 is 1.46 bits per heavy atom. The molecule has 1 heterocycles. The molecule has 1 aromatic heterocycles. The zero-order valence-corrected chi connectivity index (χ0v) is 9.02. The van der Waals surface area contributed by atoms with E-state index in [4.69, 9.17) is 0 Å². The standard InChI is InChI=1S/C8H8OS.C2H7N/c1-5-7(8(5)9)6-3-2-4-10-6;1-3-2/h2-5,7H,1H3;3H,1-2H3. The molecule has 1 fully saturated rings. The number of nitrogens with one attached hydrogen (secondary N) is 1. The second-order valence-electron chi connectivity index (χ2n) is 3.18. The molecule has 2 unspecified atom stereocenters. The van der Waals surface area contributed by atoms with Gasteiger partial charge in [0.05, 0.1) is 5.92 Å². The van der Waals surface area contributed by atoms with Crippen molar-refractivity contribution in [3.63, 3.8) is 0 Å². The van der Waals surface area contributed by atoms with E-state index in [9.17, 15) is 4.79 Å². The van der Waals surface area contributed by atoms with Crippen LogP contribution < -0.4 is 5.32 Å². The molecule has 0 aliphatic heterocycles. The van der Waals surface area contributed by atoms with Gasteiger partial charge < -0.3 is 5.32 Å². The quantitative estimate of drug-likeness (QED) is 0.745. The molecule has 0 aromatic carbocycles. The first-order valence-electron chi connectivity index (χ1n) is 4.38. The number of hydrogen-bond donors (Lipinski definition) is 1. The van der Waals surface area contributed by atoms with Crippen LogP contribution in [0.3, 0.4) is 0 Å². The summed E-state index contributed by atoms with van der Waals surface area (Å²) in [6.07, 6.45) is 0. The molecule has 1 aliphatic carbocycles. The maximum absolute atomic E-state index is 10.9. The summed E-state index contributed by atoms with van der Waals surface area (Å²) in [5, 5.41) is 4.77. The van der Waals surface area contributed by atoms with Crippen molar-refractivity contribution < 1.29 is 4.79 Å². The van der Waals surface area contributed by atoms with Crippen molar-refractivity contribution in [1.82, 2.24) is 5.32 Å². The van der Waals surface area contributed by atoms with Gasteiger partial charge in [-0.25, -0.2) is 0 Å². The number of carbonyl (C=O) groups excluding carboxylic acids is 1. The third kappa shape index (κ3) is 2.39. The van der Waals surface area contributed by atoms with Gasteiger partial charge in [-0.1, -0.05) is 13.0 Å². The molecule has 2 atom stereocenters. The lowest BCUT2D eigenvalue weighted by Gasteiger charge is -1.83. The second-order valence-corrected chi connectivity index (χ2v) is 4.16. The Bertz CT molecular complexity index is 268. The molecule has 0 saturated heterocycles. The molecule has 1 aromatic rings. The van der Waals surface area contributed by atoms with Gasteiger partial charge in [0, 0.05) is 10.8 Å². The lowest BCUT2D eigenvalue weighted by molar-refractivity contribution is -0.111. The Balaban J connectivity index is 0.000000251. The van der Waals surface area contributed by atoms with Crippen molar-refractivity contribution >= 4 is 17.1 Å². The highest BCUT2D eigenvalue weighted by Crippen LogP contribution is 2.44. The summed E-state index contributed by atoms with van der Waals surface area (Å²) >= 11 is 1.68. The fourth-order valence-corrected chi connectivity index (χ4v) is 2.16. The summed E-state index contributed by atoms with van der Waals surface area (Å²) in [5.74, 6) is 0.945. The first-order valence-corrected chi connectivity index (χ1v) is 5.26. The normalized spacial score (nSPS) is 25.0. The topological polar surface area (TPSA) is 29.1 Å². The third-order valence-electron chi connectivity index (χ3n) is 2.00. The number of rotatable bonds is 1. The average molecular weight is 197 g/mol. The maximum Gasteiger partial charge on any atom is 0.145 e. The van der Waals surface area contributed by atoms with E-state index >= 15 is 0 Å². The first kappa shape index (κ1) is 10.4. The fraction of sp³-hybridized carbons (Fsp3) is 0.500.